The van der Waals surface area contributed by atoms with Gasteiger partial charge in [-0.25, -0.2) is 0 Å². The molecule has 62 valence electrons. The molecule has 1 aliphatic heterocycles. The lowest BCUT2D eigenvalue weighted by atomic mass is 10.0. The number of carbonyl (C=O) groups is 1. The highest BCUT2D eigenvalue weighted by molar-refractivity contribution is 9.10. The highest BCUT2D eigenvalue weighted by Gasteiger charge is 2.30. The fourth-order valence-electron chi connectivity index (χ4n) is 1.15. The first kappa shape index (κ1) is 7.95. The van der Waals surface area contributed by atoms with Crippen LogP contribution in [0.2, 0.25) is 0 Å². The molecular weight excluding hydrogens is 220 g/mol. The maximum absolute atomic E-state index is 11.0. The van der Waals surface area contributed by atoms with E-state index >= 15 is 0 Å². The average molecular weight is 227 g/mol. The van der Waals surface area contributed by atoms with Crippen molar-refractivity contribution in [1.82, 2.24) is 0 Å². The van der Waals surface area contributed by atoms with Gasteiger partial charge >= 0.3 is 0 Å². The minimum atomic E-state index is -0.307. The summed E-state index contributed by atoms with van der Waals surface area (Å²) in [5, 5.41) is 0. The number of hydrogen-bond donors (Lipinski definition) is 0. The van der Waals surface area contributed by atoms with E-state index in [2.05, 4.69) is 15.9 Å². The van der Waals surface area contributed by atoms with Gasteiger partial charge in [-0.3, -0.25) is 4.79 Å². The van der Waals surface area contributed by atoms with Crippen molar-refractivity contribution in [1.29, 1.82) is 0 Å². The quantitative estimate of drug-likeness (QED) is 0.734. The van der Waals surface area contributed by atoms with Crippen LogP contribution in [0, 0.1) is 0 Å². The zero-order valence-corrected chi connectivity index (χ0v) is 7.87. The second kappa shape index (κ2) is 2.99. The number of ketones is 1. The van der Waals surface area contributed by atoms with Gasteiger partial charge in [-0.2, -0.15) is 0 Å². The van der Waals surface area contributed by atoms with Crippen molar-refractivity contribution in [2.75, 3.05) is 6.61 Å². The van der Waals surface area contributed by atoms with E-state index in [9.17, 15) is 4.79 Å². The molecule has 0 amide bonds. The normalized spacial score (nSPS) is 22.1. The summed E-state index contributed by atoms with van der Waals surface area (Å²) >= 11 is 3.32. The molecule has 0 bridgehead atoms. The zero-order valence-electron chi connectivity index (χ0n) is 6.29. The number of ether oxygens (including phenoxy) is 1. The van der Waals surface area contributed by atoms with Gasteiger partial charge in [0.25, 0.3) is 0 Å². The molecule has 12 heavy (non-hydrogen) atoms. The number of Topliss-reactive ketones (excluding diaryl/α,β-unsaturated/α-hetero) is 1. The predicted octanol–water partition coefficient (Wildman–Crippen LogP) is 2.09. The van der Waals surface area contributed by atoms with Gasteiger partial charge in [0.1, 0.15) is 12.7 Å². The molecule has 1 saturated heterocycles. The Hall–Kier alpha value is -0.670. The molecule has 0 aromatic heterocycles. The molecule has 1 unspecified atom stereocenters. The smallest absolute Gasteiger partial charge is 0.191 e. The Balaban J connectivity index is 2.23. The van der Waals surface area contributed by atoms with Crippen molar-refractivity contribution in [3.8, 4) is 0 Å². The topological polar surface area (TPSA) is 26.3 Å². The molecule has 1 fully saturated rings. The Morgan fingerprint density at radius 3 is 2.42 bits per heavy atom. The Kier molecular flexibility index (Phi) is 1.98. The second-order valence-electron chi connectivity index (χ2n) is 2.71. The molecule has 0 N–H and O–H groups in total. The molecule has 3 heteroatoms. The first-order valence-electron chi connectivity index (χ1n) is 3.67. The fourth-order valence-corrected chi connectivity index (χ4v) is 1.42. The van der Waals surface area contributed by atoms with Crippen molar-refractivity contribution >= 4 is 21.7 Å². The van der Waals surface area contributed by atoms with Gasteiger partial charge in [0.2, 0.25) is 0 Å². The highest BCUT2D eigenvalue weighted by Crippen LogP contribution is 2.26. The molecule has 1 aromatic rings. The van der Waals surface area contributed by atoms with Crippen LogP contribution < -0.4 is 0 Å². The number of hydrogen-bond acceptors (Lipinski definition) is 2. The first-order chi connectivity index (χ1) is 5.77. The summed E-state index contributed by atoms with van der Waals surface area (Å²) in [5.74, 6) is 0.164. The summed E-state index contributed by atoms with van der Waals surface area (Å²) < 4.78 is 6.12. The Labute approximate surface area is 78.7 Å². The van der Waals surface area contributed by atoms with E-state index in [-0.39, 0.29) is 18.5 Å². The minimum absolute atomic E-state index is 0.164. The van der Waals surface area contributed by atoms with E-state index in [4.69, 9.17) is 4.74 Å². The van der Waals surface area contributed by atoms with E-state index in [0.717, 1.165) is 10.0 Å². The van der Waals surface area contributed by atoms with Crippen LogP contribution >= 0.6 is 15.9 Å². The van der Waals surface area contributed by atoms with E-state index < -0.39 is 0 Å². The molecule has 1 heterocycles. The lowest BCUT2D eigenvalue weighted by Gasteiger charge is -2.24. The average Bonchev–Trinajstić information content (AvgIpc) is 2.06. The summed E-state index contributed by atoms with van der Waals surface area (Å²) in [5.41, 5.74) is 0.939. The van der Waals surface area contributed by atoms with E-state index in [1.807, 2.05) is 24.3 Å². The Morgan fingerprint density at radius 1 is 1.33 bits per heavy atom. The highest BCUT2D eigenvalue weighted by atomic mass is 79.9. The van der Waals surface area contributed by atoms with Gasteiger partial charge in [0.05, 0.1) is 0 Å². The van der Waals surface area contributed by atoms with Crippen LogP contribution in [0.15, 0.2) is 28.7 Å². The molecule has 1 atom stereocenters. The second-order valence-corrected chi connectivity index (χ2v) is 3.62. The third-order valence-corrected chi connectivity index (χ3v) is 2.39. The molecule has 2 rings (SSSR count). The maximum atomic E-state index is 11.0. The molecule has 0 radical (unpaired) electrons. The molecule has 2 nitrogen and oxygen atoms in total. The molecular formula is C9H7BrO2. The third-order valence-electron chi connectivity index (χ3n) is 1.86. The van der Waals surface area contributed by atoms with Crippen LogP contribution in [0.5, 0.6) is 0 Å². The summed E-state index contributed by atoms with van der Waals surface area (Å²) in [4.78, 5) is 11.0. The number of benzene rings is 1. The summed E-state index contributed by atoms with van der Waals surface area (Å²) in [6, 6.07) is 7.60. The SMILES string of the molecule is O=C1COC1c1ccc(Br)cc1. The van der Waals surface area contributed by atoms with Crippen LogP contribution in [0.25, 0.3) is 0 Å². The van der Waals surface area contributed by atoms with E-state index in [0.29, 0.717) is 0 Å². The summed E-state index contributed by atoms with van der Waals surface area (Å²) in [6.45, 7) is 0.265. The summed E-state index contributed by atoms with van der Waals surface area (Å²) in [7, 11) is 0. The molecule has 1 aliphatic rings. The van der Waals surface area contributed by atoms with Crippen molar-refractivity contribution in [3.63, 3.8) is 0 Å². The van der Waals surface area contributed by atoms with Crippen molar-refractivity contribution in [3.05, 3.63) is 34.3 Å². The first-order valence-corrected chi connectivity index (χ1v) is 4.46. The zero-order chi connectivity index (χ0) is 8.55. The van der Waals surface area contributed by atoms with Crippen LogP contribution in [0.1, 0.15) is 11.7 Å². The standard InChI is InChI=1S/C9H7BrO2/c10-7-3-1-6(2-4-7)9-8(11)5-12-9/h1-4,9H,5H2. The van der Waals surface area contributed by atoms with Crippen LogP contribution in [0.3, 0.4) is 0 Å². The van der Waals surface area contributed by atoms with Gasteiger partial charge in [-0.05, 0) is 17.7 Å². The number of halogens is 1. The lowest BCUT2D eigenvalue weighted by Crippen LogP contribution is -2.32. The Morgan fingerprint density at radius 2 is 2.00 bits per heavy atom. The predicted molar refractivity (Wildman–Crippen MR) is 47.8 cm³/mol. The van der Waals surface area contributed by atoms with Crippen LogP contribution in [0.4, 0.5) is 0 Å². The fraction of sp³-hybridized carbons (Fsp3) is 0.222. The lowest BCUT2D eigenvalue weighted by molar-refractivity contribution is -0.155. The summed E-state index contributed by atoms with van der Waals surface area (Å²) in [6.07, 6.45) is -0.307. The monoisotopic (exact) mass is 226 g/mol. The van der Waals surface area contributed by atoms with Crippen LogP contribution in [-0.4, -0.2) is 12.4 Å². The van der Waals surface area contributed by atoms with Crippen molar-refractivity contribution in [2.24, 2.45) is 0 Å². The molecule has 0 saturated carbocycles. The van der Waals surface area contributed by atoms with E-state index in [1.54, 1.807) is 0 Å². The van der Waals surface area contributed by atoms with Gasteiger partial charge in [0.15, 0.2) is 5.78 Å². The third kappa shape index (κ3) is 1.30. The largest absolute Gasteiger partial charge is 0.358 e. The van der Waals surface area contributed by atoms with Gasteiger partial charge < -0.3 is 4.74 Å². The minimum Gasteiger partial charge on any atom is -0.358 e. The number of rotatable bonds is 1. The van der Waals surface area contributed by atoms with Gasteiger partial charge in [0, 0.05) is 4.47 Å². The molecule has 0 spiro atoms. The molecule has 0 aliphatic carbocycles. The Bertz CT molecular complexity index is 305. The maximum Gasteiger partial charge on any atom is 0.191 e. The molecule has 1 aromatic carbocycles. The van der Waals surface area contributed by atoms with Crippen molar-refractivity contribution in [2.45, 2.75) is 6.10 Å². The van der Waals surface area contributed by atoms with Gasteiger partial charge in [-0.15, -0.1) is 0 Å². The van der Waals surface area contributed by atoms with E-state index in [1.165, 1.54) is 0 Å². The number of carbonyl (C=O) groups excluding carboxylic acids is 1. The van der Waals surface area contributed by atoms with Gasteiger partial charge in [-0.1, -0.05) is 28.1 Å². The van der Waals surface area contributed by atoms with Crippen molar-refractivity contribution < 1.29 is 9.53 Å². The van der Waals surface area contributed by atoms with Crippen LogP contribution in [-0.2, 0) is 9.53 Å².